The van der Waals surface area contributed by atoms with Crippen LogP contribution in [0.5, 0.6) is 5.75 Å². The molecule has 0 saturated carbocycles. The van der Waals surface area contributed by atoms with Crippen LogP contribution in [0.4, 0.5) is 0 Å². The maximum Gasteiger partial charge on any atom is 0.361 e. The number of ether oxygens (including phenoxy) is 2. The molecule has 22 heavy (non-hydrogen) atoms. The first-order chi connectivity index (χ1) is 10.5. The predicted octanol–water partition coefficient (Wildman–Crippen LogP) is 2.75. The molecule has 1 aromatic heterocycles. The fraction of sp³-hybridized carbons (Fsp3) is 0.438. The second-order valence-electron chi connectivity index (χ2n) is 5.93. The Kier molecular flexibility index (Phi) is 3.60. The summed E-state index contributed by atoms with van der Waals surface area (Å²) in [6.07, 6.45) is 1.88. The first kappa shape index (κ1) is 14.6. The average molecular weight is 301 g/mol. The molecule has 6 nitrogen and oxygen atoms in total. The van der Waals surface area contributed by atoms with Crippen molar-refractivity contribution < 1.29 is 14.3 Å². The van der Waals surface area contributed by atoms with Crippen molar-refractivity contribution in [3.05, 3.63) is 29.5 Å². The number of H-pyrrole nitrogens is 1. The van der Waals surface area contributed by atoms with E-state index in [-0.39, 0.29) is 11.3 Å². The summed E-state index contributed by atoms with van der Waals surface area (Å²) in [6.45, 7) is 6.23. The van der Waals surface area contributed by atoms with Crippen LogP contribution in [0.1, 0.15) is 43.2 Å². The molecule has 0 saturated heterocycles. The van der Waals surface area contributed by atoms with Gasteiger partial charge in [0, 0.05) is 5.56 Å². The number of fused-ring (bicyclic) bond motifs is 1. The van der Waals surface area contributed by atoms with Gasteiger partial charge in [0.15, 0.2) is 5.69 Å². The molecule has 0 atom stereocenters. The molecule has 1 aliphatic rings. The standard InChI is InChI=1S/C16H19N3O3/c1-4-21-15(20)14-13(17-19-18-14)11-5-6-12-10(9-11)7-8-16(2,3)22-12/h5-6,9H,4,7-8H2,1-3H3,(H,17,18,19). The van der Waals surface area contributed by atoms with Crippen molar-refractivity contribution in [3.8, 4) is 17.0 Å². The third-order valence-electron chi connectivity index (χ3n) is 3.73. The Bertz CT molecular complexity index is 706. The monoisotopic (exact) mass is 301 g/mol. The van der Waals surface area contributed by atoms with Crippen LogP contribution in [-0.4, -0.2) is 33.6 Å². The highest BCUT2D eigenvalue weighted by Gasteiger charge is 2.27. The summed E-state index contributed by atoms with van der Waals surface area (Å²) >= 11 is 0. The number of aromatic amines is 1. The minimum absolute atomic E-state index is 0.140. The molecule has 116 valence electrons. The van der Waals surface area contributed by atoms with E-state index in [1.807, 2.05) is 18.2 Å². The van der Waals surface area contributed by atoms with Crippen LogP contribution in [-0.2, 0) is 11.2 Å². The first-order valence-electron chi connectivity index (χ1n) is 7.40. The van der Waals surface area contributed by atoms with Gasteiger partial charge in [0.2, 0.25) is 0 Å². The summed E-state index contributed by atoms with van der Waals surface area (Å²) in [7, 11) is 0. The third kappa shape index (κ3) is 2.68. The summed E-state index contributed by atoms with van der Waals surface area (Å²) in [4.78, 5) is 11.9. The lowest BCUT2D eigenvalue weighted by Gasteiger charge is -2.32. The maximum absolute atomic E-state index is 11.9. The summed E-state index contributed by atoms with van der Waals surface area (Å²) in [5.41, 5.74) is 2.52. The zero-order valence-electron chi connectivity index (χ0n) is 13.0. The predicted molar refractivity (Wildman–Crippen MR) is 80.8 cm³/mol. The number of aromatic nitrogens is 3. The molecule has 0 radical (unpaired) electrons. The van der Waals surface area contributed by atoms with E-state index in [1.54, 1.807) is 6.92 Å². The maximum atomic E-state index is 11.9. The van der Waals surface area contributed by atoms with Crippen molar-refractivity contribution in [2.45, 2.75) is 39.2 Å². The van der Waals surface area contributed by atoms with Crippen molar-refractivity contribution in [1.29, 1.82) is 0 Å². The Labute approximate surface area is 128 Å². The van der Waals surface area contributed by atoms with Gasteiger partial charge in [-0.3, -0.25) is 0 Å². The van der Waals surface area contributed by atoms with Crippen LogP contribution in [0.15, 0.2) is 18.2 Å². The van der Waals surface area contributed by atoms with E-state index in [1.165, 1.54) is 0 Å². The Hall–Kier alpha value is -2.37. The van der Waals surface area contributed by atoms with Gasteiger partial charge >= 0.3 is 5.97 Å². The molecule has 2 heterocycles. The number of nitrogens with zero attached hydrogens (tertiary/aromatic N) is 2. The zero-order chi connectivity index (χ0) is 15.7. The van der Waals surface area contributed by atoms with Gasteiger partial charge in [-0.25, -0.2) is 4.79 Å². The summed E-state index contributed by atoms with van der Waals surface area (Å²) in [5, 5.41) is 10.5. The summed E-state index contributed by atoms with van der Waals surface area (Å²) < 4.78 is 11.0. The fourth-order valence-electron chi connectivity index (χ4n) is 2.58. The van der Waals surface area contributed by atoms with Crippen LogP contribution < -0.4 is 4.74 Å². The SMILES string of the molecule is CCOC(=O)c1n[nH]nc1-c1ccc2c(c1)CCC(C)(C)O2. The smallest absolute Gasteiger partial charge is 0.361 e. The molecule has 1 aromatic carbocycles. The van der Waals surface area contributed by atoms with E-state index in [9.17, 15) is 4.79 Å². The minimum Gasteiger partial charge on any atom is -0.488 e. The third-order valence-corrected chi connectivity index (χ3v) is 3.73. The van der Waals surface area contributed by atoms with Crippen molar-refractivity contribution in [2.24, 2.45) is 0 Å². The number of nitrogens with one attached hydrogen (secondary N) is 1. The molecule has 0 spiro atoms. The second-order valence-corrected chi connectivity index (χ2v) is 5.93. The first-order valence-corrected chi connectivity index (χ1v) is 7.40. The molecule has 1 N–H and O–H groups in total. The molecule has 2 aromatic rings. The molecule has 0 aliphatic carbocycles. The van der Waals surface area contributed by atoms with Gasteiger partial charge in [-0.1, -0.05) is 0 Å². The quantitative estimate of drug-likeness (QED) is 0.882. The Morgan fingerprint density at radius 2 is 2.23 bits per heavy atom. The van der Waals surface area contributed by atoms with E-state index in [4.69, 9.17) is 9.47 Å². The van der Waals surface area contributed by atoms with Crippen LogP contribution in [0.2, 0.25) is 0 Å². The number of carbonyl (C=O) groups is 1. The van der Waals surface area contributed by atoms with E-state index in [0.29, 0.717) is 12.3 Å². The average Bonchev–Trinajstić information content (AvgIpc) is 2.95. The minimum atomic E-state index is -0.471. The highest BCUT2D eigenvalue weighted by molar-refractivity contribution is 5.94. The lowest BCUT2D eigenvalue weighted by atomic mass is 9.93. The molecule has 1 aliphatic heterocycles. The lowest BCUT2D eigenvalue weighted by molar-refractivity contribution is 0.0520. The number of benzene rings is 1. The highest BCUT2D eigenvalue weighted by Crippen LogP contribution is 2.35. The van der Waals surface area contributed by atoms with Gasteiger partial charge in [-0.15, -0.1) is 5.10 Å². The molecule has 0 bridgehead atoms. The van der Waals surface area contributed by atoms with Crippen LogP contribution in [0.25, 0.3) is 11.3 Å². The Morgan fingerprint density at radius 1 is 1.41 bits per heavy atom. The summed E-state index contributed by atoms with van der Waals surface area (Å²) in [5.74, 6) is 0.419. The topological polar surface area (TPSA) is 77.1 Å². The van der Waals surface area contributed by atoms with Crippen LogP contribution >= 0.6 is 0 Å². The molecule has 0 fully saturated rings. The number of rotatable bonds is 3. The second kappa shape index (κ2) is 5.44. The highest BCUT2D eigenvalue weighted by atomic mass is 16.5. The number of hydrogen-bond donors (Lipinski definition) is 1. The molecule has 0 unspecified atom stereocenters. The molecule has 0 amide bonds. The number of esters is 1. The van der Waals surface area contributed by atoms with Gasteiger partial charge in [-0.2, -0.15) is 10.3 Å². The van der Waals surface area contributed by atoms with Gasteiger partial charge in [0.1, 0.15) is 17.0 Å². The molecular weight excluding hydrogens is 282 g/mol. The largest absolute Gasteiger partial charge is 0.488 e. The number of carbonyl (C=O) groups excluding carboxylic acids is 1. The number of aryl methyl sites for hydroxylation is 1. The van der Waals surface area contributed by atoms with Gasteiger partial charge < -0.3 is 9.47 Å². The Morgan fingerprint density at radius 3 is 3.00 bits per heavy atom. The van der Waals surface area contributed by atoms with Gasteiger partial charge in [-0.05, 0) is 57.4 Å². The van der Waals surface area contributed by atoms with Crippen LogP contribution in [0.3, 0.4) is 0 Å². The molecule has 6 heteroatoms. The zero-order valence-corrected chi connectivity index (χ0v) is 13.0. The van der Waals surface area contributed by atoms with E-state index < -0.39 is 5.97 Å². The van der Waals surface area contributed by atoms with Gasteiger partial charge in [0.05, 0.1) is 6.61 Å². The van der Waals surface area contributed by atoms with Crippen molar-refractivity contribution >= 4 is 5.97 Å². The van der Waals surface area contributed by atoms with Crippen molar-refractivity contribution in [3.63, 3.8) is 0 Å². The van der Waals surface area contributed by atoms with E-state index in [2.05, 4.69) is 29.3 Å². The van der Waals surface area contributed by atoms with Crippen molar-refractivity contribution in [2.75, 3.05) is 6.61 Å². The van der Waals surface area contributed by atoms with Crippen molar-refractivity contribution in [1.82, 2.24) is 15.4 Å². The normalized spacial score (nSPS) is 15.8. The van der Waals surface area contributed by atoms with Gasteiger partial charge in [0.25, 0.3) is 0 Å². The molecular formula is C16H19N3O3. The summed E-state index contributed by atoms with van der Waals surface area (Å²) in [6, 6.07) is 5.82. The lowest BCUT2D eigenvalue weighted by Crippen LogP contribution is -2.32. The number of hydrogen-bond acceptors (Lipinski definition) is 5. The van der Waals surface area contributed by atoms with Crippen LogP contribution in [0, 0.1) is 0 Å². The Balaban J connectivity index is 1.95. The van der Waals surface area contributed by atoms with E-state index >= 15 is 0 Å². The fourth-order valence-corrected chi connectivity index (χ4v) is 2.58. The van der Waals surface area contributed by atoms with E-state index in [0.717, 1.165) is 29.7 Å². The molecule has 3 rings (SSSR count).